The van der Waals surface area contributed by atoms with Crippen LogP contribution < -0.4 is 10.7 Å². The molecule has 3 fully saturated rings. The third kappa shape index (κ3) is 9.27. The molecule has 6 bridgehead atoms. The van der Waals surface area contributed by atoms with E-state index in [-0.39, 0.29) is 49.3 Å². The summed E-state index contributed by atoms with van der Waals surface area (Å²) in [6, 6.07) is 16.0. The predicted molar refractivity (Wildman–Crippen MR) is 261 cm³/mol. The van der Waals surface area contributed by atoms with Gasteiger partial charge in [-0.05, 0) is 104 Å². The zero-order chi connectivity index (χ0) is 47.1. The molecule has 6 atom stereocenters. The Bertz CT molecular complexity index is 2560. The number of carbonyl (C=O) groups excluding carboxylic acids is 5. The van der Waals surface area contributed by atoms with Crippen molar-refractivity contribution in [3.63, 3.8) is 0 Å². The van der Waals surface area contributed by atoms with E-state index in [4.69, 9.17) is 14.5 Å². The lowest BCUT2D eigenvalue weighted by Gasteiger charge is -2.36. The molecule has 350 valence electrons. The van der Waals surface area contributed by atoms with Crippen molar-refractivity contribution >= 4 is 63.1 Å². The Balaban J connectivity index is 1.18. The fraction of sp³-hybridized carbons (Fsp3) is 0.490. The highest BCUT2D eigenvalue weighted by atomic mass is 127. The number of cyclic esters (lactones) is 1. The molecule has 8 rings (SSSR count). The van der Waals surface area contributed by atoms with Crippen molar-refractivity contribution in [1.82, 2.24) is 35.1 Å². The van der Waals surface area contributed by atoms with Gasteiger partial charge >= 0.3 is 5.97 Å². The van der Waals surface area contributed by atoms with Gasteiger partial charge < -0.3 is 29.2 Å². The number of aromatic nitrogens is 2. The Labute approximate surface area is 400 Å². The van der Waals surface area contributed by atoms with E-state index in [0.29, 0.717) is 58.3 Å². The first-order valence-electron chi connectivity index (χ1n) is 23.2. The largest absolute Gasteiger partial charge is 0.464 e. The van der Waals surface area contributed by atoms with Gasteiger partial charge in [-0.2, -0.15) is 0 Å². The second-order valence-electron chi connectivity index (χ2n) is 19.2. The molecule has 0 aliphatic carbocycles. The molecule has 15 heteroatoms. The summed E-state index contributed by atoms with van der Waals surface area (Å²) in [5, 5.41) is 5.64. The molecular formula is C51H62IN7O7. The number of halogens is 1. The summed E-state index contributed by atoms with van der Waals surface area (Å²) in [7, 11) is 1.69. The third-order valence-corrected chi connectivity index (χ3v) is 15.3. The summed E-state index contributed by atoms with van der Waals surface area (Å²) in [5.41, 5.74) is 10.5. The van der Waals surface area contributed by atoms with Crippen LogP contribution in [0.5, 0.6) is 0 Å². The van der Waals surface area contributed by atoms with E-state index in [1.807, 2.05) is 32.0 Å². The van der Waals surface area contributed by atoms with Gasteiger partial charge in [0.2, 0.25) is 17.7 Å². The summed E-state index contributed by atoms with van der Waals surface area (Å²) in [6.07, 6.45) is 5.66. The Hall–Kier alpha value is -5.13. The van der Waals surface area contributed by atoms with Gasteiger partial charge in [-0.1, -0.05) is 80.3 Å². The van der Waals surface area contributed by atoms with Crippen LogP contribution in [0.4, 0.5) is 0 Å². The number of esters is 1. The Kier molecular flexibility index (Phi) is 13.8. The summed E-state index contributed by atoms with van der Waals surface area (Å²) in [4.78, 5) is 78.2. The van der Waals surface area contributed by atoms with Gasteiger partial charge in [0.15, 0.2) is 0 Å². The first kappa shape index (κ1) is 47.4. The lowest BCUT2D eigenvalue weighted by atomic mass is 9.84. The van der Waals surface area contributed by atoms with Crippen molar-refractivity contribution in [2.45, 2.75) is 107 Å². The monoisotopic (exact) mass is 1010 g/mol. The van der Waals surface area contributed by atoms with E-state index in [0.717, 1.165) is 50.1 Å². The second kappa shape index (κ2) is 19.2. The van der Waals surface area contributed by atoms with Gasteiger partial charge in [0, 0.05) is 74.3 Å². The maximum Gasteiger partial charge on any atom is 0.324 e. The molecule has 4 amide bonds. The van der Waals surface area contributed by atoms with E-state index < -0.39 is 38.8 Å². The molecule has 2 aromatic heterocycles. The number of methoxy groups -OCH3 is 1. The van der Waals surface area contributed by atoms with Crippen LogP contribution in [0.25, 0.3) is 33.3 Å². The number of hydrogen-bond acceptors (Lipinski definition) is 9. The van der Waals surface area contributed by atoms with Crippen LogP contribution in [0.3, 0.4) is 0 Å². The van der Waals surface area contributed by atoms with E-state index in [1.165, 1.54) is 11.1 Å². The van der Waals surface area contributed by atoms with Gasteiger partial charge in [0.1, 0.15) is 21.5 Å². The van der Waals surface area contributed by atoms with E-state index in [2.05, 4.69) is 102 Å². The average Bonchev–Trinajstić information content (AvgIpc) is 4.01. The summed E-state index contributed by atoms with van der Waals surface area (Å²) < 4.78 is 13.4. The summed E-state index contributed by atoms with van der Waals surface area (Å²) >= 11 is 2.14. The third-order valence-electron chi connectivity index (χ3n) is 13.9. The van der Waals surface area contributed by atoms with Crippen molar-refractivity contribution in [2.75, 3.05) is 39.9 Å². The quantitative estimate of drug-likeness (QED) is 0.0863. The Morgan fingerprint density at radius 3 is 2.62 bits per heavy atom. The topological polar surface area (TPSA) is 155 Å². The second-order valence-corrected chi connectivity index (χ2v) is 21.3. The number of ether oxygens (including phenoxy) is 2. The van der Waals surface area contributed by atoms with Crippen molar-refractivity contribution < 1.29 is 33.4 Å². The van der Waals surface area contributed by atoms with Crippen LogP contribution >= 0.6 is 22.6 Å². The molecule has 3 saturated heterocycles. The lowest BCUT2D eigenvalue weighted by molar-refractivity contribution is -0.155. The fourth-order valence-electron chi connectivity index (χ4n) is 10.3. The minimum atomic E-state index is -1.03. The van der Waals surface area contributed by atoms with Gasteiger partial charge in [0.25, 0.3) is 5.91 Å². The zero-order valence-corrected chi connectivity index (χ0v) is 41.1. The Morgan fingerprint density at radius 1 is 1.08 bits per heavy atom. The molecule has 0 spiro atoms. The molecule has 14 nitrogen and oxygen atoms in total. The lowest BCUT2D eigenvalue weighted by Crippen LogP contribution is -2.62. The van der Waals surface area contributed by atoms with Gasteiger partial charge in [-0.25, -0.2) is 5.43 Å². The van der Waals surface area contributed by atoms with E-state index >= 15 is 0 Å². The number of hydrogen-bond donors (Lipinski definition) is 2. The molecule has 66 heavy (non-hydrogen) atoms. The van der Waals surface area contributed by atoms with Crippen molar-refractivity contribution in [2.24, 2.45) is 11.3 Å². The van der Waals surface area contributed by atoms with E-state index in [1.54, 1.807) is 23.1 Å². The number of amides is 4. The van der Waals surface area contributed by atoms with Crippen molar-refractivity contribution in [3.8, 4) is 22.4 Å². The van der Waals surface area contributed by atoms with Gasteiger partial charge in [-0.3, -0.25) is 34.0 Å². The van der Waals surface area contributed by atoms with Crippen LogP contribution in [-0.2, 0) is 52.8 Å². The molecule has 4 aliphatic heterocycles. The highest BCUT2D eigenvalue weighted by Crippen LogP contribution is 2.42. The van der Waals surface area contributed by atoms with Crippen molar-refractivity contribution in [1.29, 1.82) is 0 Å². The molecule has 2 aromatic carbocycles. The average molecular weight is 1010 g/mol. The number of likely N-dealkylation sites (tertiary alicyclic amines) is 2. The minimum Gasteiger partial charge on any atom is -0.464 e. The van der Waals surface area contributed by atoms with Crippen LogP contribution in [0, 0.1) is 11.3 Å². The van der Waals surface area contributed by atoms with Crippen molar-refractivity contribution in [3.05, 3.63) is 90.3 Å². The molecule has 4 aliphatic rings. The number of nitrogens with one attached hydrogen (secondary N) is 2. The number of nitrogens with zero attached hydrogens (tertiary/aromatic N) is 5. The van der Waals surface area contributed by atoms with Crippen LogP contribution in [-0.4, -0.2) is 115 Å². The number of alkyl halides is 1. The van der Waals surface area contributed by atoms with Crippen LogP contribution in [0.15, 0.2) is 73.4 Å². The smallest absolute Gasteiger partial charge is 0.324 e. The van der Waals surface area contributed by atoms with E-state index in [9.17, 15) is 24.0 Å². The molecule has 0 radical (unpaired) electrons. The number of aryl methyl sites for hydroxylation is 1. The predicted octanol–water partition coefficient (Wildman–Crippen LogP) is 6.58. The highest BCUT2D eigenvalue weighted by Gasteiger charge is 2.51. The minimum absolute atomic E-state index is 0.140. The molecule has 6 heterocycles. The standard InChI is InChI=1S/C51H62IN7O7/c1-8-42(60)56-24-20-51(52,29-56)49(64)58-23-19-31(3)44(58)46(61)54-40-26-33-13-10-14-34(25-33)35-17-18-41-37(27-35)38(45(57(41)9-2)36-15-11-21-53-43(36)32(4)65-7)28-50(5,6)30-66-48(63)39-16-12-22-59(55-39)47(40)62/h8,10-11,13-15,17-18,21,25,27,31-32,39-40,44,55H,1,9,12,16,19-20,22-24,26,28-30H2,2-7H3,(H,54,61)/t31-,32-,39-,40-,44-,51-/m0/s1. The number of rotatable bonds is 8. The number of carbonyl (C=O) groups is 5. The number of benzene rings is 2. The first-order chi connectivity index (χ1) is 31.6. The molecular weight excluding hydrogens is 950 g/mol. The fourth-order valence-corrected chi connectivity index (χ4v) is 11.3. The first-order valence-corrected chi connectivity index (χ1v) is 24.3. The maximum absolute atomic E-state index is 14.8. The molecule has 0 unspecified atom stereocenters. The maximum atomic E-state index is 14.8. The Morgan fingerprint density at radius 2 is 1.86 bits per heavy atom. The number of hydrazine groups is 1. The number of pyridine rings is 1. The van der Waals surface area contributed by atoms with Crippen LogP contribution in [0.1, 0.15) is 83.2 Å². The summed E-state index contributed by atoms with van der Waals surface area (Å²) in [5.74, 6) is -1.83. The van der Waals surface area contributed by atoms with Crippen LogP contribution in [0.2, 0.25) is 0 Å². The molecule has 4 aromatic rings. The van der Waals surface area contributed by atoms with Gasteiger partial charge in [0.05, 0.1) is 24.1 Å². The normalized spacial score (nSPS) is 25.0. The van der Waals surface area contributed by atoms with Gasteiger partial charge in [-0.15, -0.1) is 0 Å². The highest BCUT2D eigenvalue weighted by molar-refractivity contribution is 14.1. The molecule has 2 N–H and O–H groups in total. The molecule has 0 saturated carbocycles. The SMILES string of the molecule is C=CC(=O)N1CC[C@@](I)(C(=O)N2CC[C@H](C)[C@H]2C(=O)N[C@H]2Cc3cccc(c3)-c3ccc4c(c3)c(c(-c3cccnc3[C@H](C)OC)n4CC)CC(C)(C)COC(=O)[C@@H]3CCCN(N3)C2=O)C1. The summed E-state index contributed by atoms with van der Waals surface area (Å²) in [6.45, 7) is 16.1. The number of fused-ring (bicyclic) bond motifs is 6. The zero-order valence-electron chi connectivity index (χ0n) is 38.9.